The Morgan fingerprint density at radius 1 is 1.37 bits per heavy atom. The molecule has 0 unspecified atom stereocenters. The quantitative estimate of drug-likeness (QED) is 0.739. The molecule has 0 aliphatic rings. The largest absolute Gasteiger partial charge is 0.321 e. The van der Waals surface area contributed by atoms with Gasteiger partial charge in [0.1, 0.15) is 6.07 Å². The molecular formula is C12H5Br2ClN2OS. The van der Waals surface area contributed by atoms with Crippen LogP contribution in [0.2, 0.25) is 5.02 Å². The minimum atomic E-state index is -0.299. The maximum atomic E-state index is 12.1. The van der Waals surface area contributed by atoms with Crippen molar-refractivity contribution in [1.82, 2.24) is 0 Å². The minimum absolute atomic E-state index is 0.299. The Bertz CT molecular complexity index is 694. The van der Waals surface area contributed by atoms with Gasteiger partial charge in [0.25, 0.3) is 5.91 Å². The van der Waals surface area contributed by atoms with Crippen molar-refractivity contribution >= 4 is 66.4 Å². The molecule has 1 N–H and O–H groups in total. The Morgan fingerprint density at radius 3 is 2.68 bits per heavy atom. The second-order valence-electron chi connectivity index (χ2n) is 3.49. The van der Waals surface area contributed by atoms with E-state index < -0.39 is 0 Å². The molecule has 0 aliphatic heterocycles. The number of rotatable bonds is 2. The van der Waals surface area contributed by atoms with Crippen LogP contribution in [0.1, 0.15) is 15.9 Å². The van der Waals surface area contributed by atoms with E-state index in [2.05, 4.69) is 37.2 Å². The monoisotopic (exact) mass is 418 g/mol. The number of hydrogen-bond acceptors (Lipinski definition) is 3. The molecule has 0 saturated heterocycles. The number of carbonyl (C=O) groups is 1. The van der Waals surface area contributed by atoms with Gasteiger partial charge in [0.15, 0.2) is 0 Å². The molecule has 2 rings (SSSR count). The van der Waals surface area contributed by atoms with Crippen LogP contribution in [0.3, 0.4) is 0 Å². The number of anilines is 1. The molecule has 3 nitrogen and oxygen atoms in total. The average Bonchev–Trinajstić information content (AvgIpc) is 2.69. The van der Waals surface area contributed by atoms with E-state index in [1.807, 2.05) is 6.07 Å². The maximum Gasteiger partial charge on any atom is 0.257 e. The summed E-state index contributed by atoms with van der Waals surface area (Å²) in [7, 11) is 0. The first kappa shape index (κ1) is 14.5. The van der Waals surface area contributed by atoms with Gasteiger partial charge in [-0.2, -0.15) is 5.26 Å². The fourth-order valence-corrected chi connectivity index (χ4v) is 4.37. The lowest BCUT2D eigenvalue weighted by atomic mass is 10.2. The van der Waals surface area contributed by atoms with Crippen LogP contribution in [-0.2, 0) is 0 Å². The first-order chi connectivity index (χ1) is 9.01. The molecule has 0 atom stereocenters. The molecule has 1 aromatic carbocycles. The topological polar surface area (TPSA) is 52.9 Å². The Morgan fingerprint density at radius 2 is 2.11 bits per heavy atom. The predicted octanol–water partition coefficient (Wildman–Crippen LogP) is 5.05. The van der Waals surface area contributed by atoms with Gasteiger partial charge in [0.05, 0.1) is 24.4 Å². The van der Waals surface area contributed by atoms with Crippen LogP contribution in [0.25, 0.3) is 0 Å². The number of nitriles is 1. The summed E-state index contributed by atoms with van der Waals surface area (Å²) in [6, 6.07) is 8.44. The highest BCUT2D eigenvalue weighted by Crippen LogP contribution is 2.32. The Balaban J connectivity index is 2.32. The maximum absolute atomic E-state index is 12.1. The molecule has 7 heteroatoms. The van der Waals surface area contributed by atoms with Crippen LogP contribution >= 0.6 is 54.8 Å². The van der Waals surface area contributed by atoms with E-state index in [1.165, 1.54) is 11.3 Å². The highest BCUT2D eigenvalue weighted by Gasteiger charge is 2.15. The molecule has 96 valence electrons. The van der Waals surface area contributed by atoms with Gasteiger partial charge in [-0.3, -0.25) is 4.79 Å². The van der Waals surface area contributed by atoms with Gasteiger partial charge < -0.3 is 5.32 Å². The Labute approximate surface area is 135 Å². The van der Waals surface area contributed by atoms with Crippen LogP contribution in [0.15, 0.2) is 31.8 Å². The third-order valence-corrected chi connectivity index (χ3v) is 4.83. The lowest BCUT2D eigenvalue weighted by Gasteiger charge is -2.06. The molecule has 0 spiro atoms. The number of halogens is 3. The molecule has 0 fully saturated rings. The Hall–Kier alpha value is -0.870. The summed E-state index contributed by atoms with van der Waals surface area (Å²) in [5, 5.41) is 12.1. The summed E-state index contributed by atoms with van der Waals surface area (Å²) in [6.45, 7) is 0. The van der Waals surface area contributed by atoms with Crippen LogP contribution in [0, 0.1) is 11.3 Å². The van der Waals surface area contributed by atoms with Gasteiger partial charge in [-0.25, -0.2) is 0 Å². The smallest absolute Gasteiger partial charge is 0.257 e. The molecule has 1 aromatic heterocycles. The number of nitrogens with zero attached hydrogens (tertiary/aromatic N) is 1. The van der Waals surface area contributed by atoms with Gasteiger partial charge in [-0.15, -0.1) is 11.3 Å². The summed E-state index contributed by atoms with van der Waals surface area (Å²) in [6.07, 6.45) is 0. The van der Waals surface area contributed by atoms with Crippen LogP contribution in [0.5, 0.6) is 0 Å². The van der Waals surface area contributed by atoms with Crippen molar-refractivity contribution in [3.63, 3.8) is 0 Å². The van der Waals surface area contributed by atoms with Crippen molar-refractivity contribution in [3.05, 3.63) is 48.0 Å². The lowest BCUT2D eigenvalue weighted by molar-refractivity contribution is 0.102. The molecule has 19 heavy (non-hydrogen) atoms. The number of amides is 1. The van der Waals surface area contributed by atoms with Crippen molar-refractivity contribution in [2.75, 3.05) is 5.32 Å². The normalized spacial score (nSPS) is 10.0. The van der Waals surface area contributed by atoms with Crippen LogP contribution in [-0.4, -0.2) is 5.91 Å². The first-order valence-corrected chi connectivity index (χ1v) is 7.75. The summed E-state index contributed by atoms with van der Waals surface area (Å²) >= 11 is 13.9. The third-order valence-electron chi connectivity index (χ3n) is 2.25. The number of carbonyl (C=O) groups excluding carboxylic acids is 1. The standard InChI is InChI=1S/C12H5Br2ClN2OS/c13-10-4-8(11(14)19-10)12(18)17-9-3-7(15)2-1-6(9)5-16/h1-4H,(H,17,18). The van der Waals surface area contributed by atoms with Crippen molar-refractivity contribution in [2.45, 2.75) is 0 Å². The molecule has 1 amide bonds. The lowest BCUT2D eigenvalue weighted by Crippen LogP contribution is -2.12. The predicted molar refractivity (Wildman–Crippen MR) is 83.8 cm³/mol. The van der Waals surface area contributed by atoms with Crippen molar-refractivity contribution in [2.24, 2.45) is 0 Å². The third kappa shape index (κ3) is 3.37. The molecule has 0 bridgehead atoms. The summed E-state index contributed by atoms with van der Waals surface area (Å²) in [5.41, 5.74) is 1.26. The van der Waals surface area contributed by atoms with E-state index in [-0.39, 0.29) is 5.91 Å². The number of hydrogen-bond donors (Lipinski definition) is 1. The summed E-state index contributed by atoms with van der Waals surface area (Å²) < 4.78 is 1.56. The van der Waals surface area contributed by atoms with E-state index in [1.54, 1.807) is 24.3 Å². The minimum Gasteiger partial charge on any atom is -0.321 e. The second-order valence-corrected chi connectivity index (χ2v) is 7.68. The highest BCUT2D eigenvalue weighted by molar-refractivity contribution is 9.12. The van der Waals surface area contributed by atoms with E-state index in [0.717, 1.165) is 7.57 Å². The van der Waals surface area contributed by atoms with E-state index in [9.17, 15) is 4.79 Å². The fraction of sp³-hybridized carbons (Fsp3) is 0. The second kappa shape index (κ2) is 6.06. The van der Waals surface area contributed by atoms with Gasteiger partial charge in [0, 0.05) is 5.02 Å². The average molecular weight is 421 g/mol. The molecule has 1 heterocycles. The Kier molecular flexibility index (Phi) is 4.63. The van der Waals surface area contributed by atoms with Crippen molar-refractivity contribution < 1.29 is 4.79 Å². The highest BCUT2D eigenvalue weighted by atomic mass is 79.9. The zero-order valence-electron chi connectivity index (χ0n) is 9.21. The molecule has 0 aliphatic carbocycles. The summed E-state index contributed by atoms with van der Waals surface area (Å²) in [4.78, 5) is 12.1. The van der Waals surface area contributed by atoms with E-state index in [0.29, 0.717) is 21.8 Å². The molecule has 0 radical (unpaired) electrons. The summed E-state index contributed by atoms with van der Waals surface area (Å²) in [5.74, 6) is -0.299. The first-order valence-electron chi connectivity index (χ1n) is 4.97. The van der Waals surface area contributed by atoms with Gasteiger partial charge >= 0.3 is 0 Å². The van der Waals surface area contributed by atoms with E-state index >= 15 is 0 Å². The van der Waals surface area contributed by atoms with Crippen LogP contribution in [0.4, 0.5) is 5.69 Å². The van der Waals surface area contributed by atoms with Gasteiger partial charge in [-0.1, -0.05) is 11.6 Å². The van der Waals surface area contributed by atoms with Gasteiger partial charge in [0.2, 0.25) is 0 Å². The number of thiophene rings is 1. The molecule has 0 saturated carbocycles. The zero-order valence-corrected chi connectivity index (χ0v) is 14.0. The van der Waals surface area contributed by atoms with Crippen molar-refractivity contribution in [1.29, 1.82) is 5.26 Å². The fourth-order valence-electron chi connectivity index (χ4n) is 1.40. The van der Waals surface area contributed by atoms with Crippen molar-refractivity contribution in [3.8, 4) is 6.07 Å². The molecule has 2 aromatic rings. The zero-order chi connectivity index (χ0) is 14.0. The van der Waals surface area contributed by atoms with Gasteiger partial charge in [-0.05, 0) is 56.1 Å². The SMILES string of the molecule is N#Cc1ccc(Cl)cc1NC(=O)c1cc(Br)sc1Br. The van der Waals surface area contributed by atoms with E-state index in [4.69, 9.17) is 16.9 Å². The number of benzene rings is 1. The molecular weight excluding hydrogens is 415 g/mol. The number of nitrogens with one attached hydrogen (secondary N) is 1. The van der Waals surface area contributed by atoms with Crippen LogP contribution < -0.4 is 5.32 Å².